The maximum atomic E-state index is 14.8. The lowest BCUT2D eigenvalue weighted by Gasteiger charge is -2.12. The maximum absolute atomic E-state index is 14.8. The molecule has 2 heterocycles. The fraction of sp³-hybridized carbons (Fsp3) is 0.300. The van der Waals surface area contributed by atoms with Crippen molar-refractivity contribution in [1.29, 1.82) is 0 Å². The monoisotopic (exact) mass is 495 g/mol. The average molecular weight is 496 g/mol. The fourth-order valence-electron chi connectivity index (χ4n) is 2.88. The van der Waals surface area contributed by atoms with Crippen molar-refractivity contribution >= 4 is 33.0 Å². The zero-order chi connectivity index (χ0) is 23.6. The van der Waals surface area contributed by atoms with Gasteiger partial charge in [-0.2, -0.15) is 0 Å². The molecule has 1 amide bonds. The number of nitrogens with zero attached hydrogens (tertiary/aromatic N) is 3. The van der Waals surface area contributed by atoms with E-state index in [1.54, 1.807) is 0 Å². The largest absolute Gasteiger partial charge is 0.477 e. The van der Waals surface area contributed by atoms with Crippen molar-refractivity contribution in [3.05, 3.63) is 52.9 Å². The predicted octanol–water partition coefficient (Wildman–Crippen LogP) is 3.11. The Morgan fingerprint density at radius 2 is 2.03 bits per heavy atom. The minimum absolute atomic E-state index is 0.0556. The summed E-state index contributed by atoms with van der Waals surface area (Å²) in [5.74, 6) is -2.31. The molecule has 9 nitrogen and oxygen atoms in total. The molecule has 1 aliphatic rings. The molecule has 4 rings (SSSR count). The Kier molecular flexibility index (Phi) is 6.51. The van der Waals surface area contributed by atoms with Crippen LogP contribution in [0, 0.1) is 11.6 Å². The van der Waals surface area contributed by atoms with Gasteiger partial charge in [-0.3, -0.25) is 14.5 Å². The van der Waals surface area contributed by atoms with Crippen LogP contribution in [0.25, 0.3) is 10.6 Å². The summed E-state index contributed by atoms with van der Waals surface area (Å²) in [5, 5.41) is 1.90. The van der Waals surface area contributed by atoms with E-state index >= 15 is 0 Å². The molecule has 1 aromatic carbocycles. The van der Waals surface area contributed by atoms with E-state index in [4.69, 9.17) is 4.74 Å². The van der Waals surface area contributed by atoms with Crippen LogP contribution in [0.2, 0.25) is 0 Å². The van der Waals surface area contributed by atoms with Crippen molar-refractivity contribution in [2.24, 2.45) is 0 Å². The molecule has 0 bridgehead atoms. The zero-order valence-corrected chi connectivity index (χ0v) is 19.0. The molecule has 2 N–H and O–H groups in total. The van der Waals surface area contributed by atoms with Crippen LogP contribution >= 0.6 is 11.3 Å². The van der Waals surface area contributed by atoms with Gasteiger partial charge >= 0.3 is 0 Å². The molecule has 1 saturated carbocycles. The quantitative estimate of drug-likeness (QED) is 0.468. The number of anilines is 1. The fourth-order valence-corrected chi connectivity index (χ4v) is 5.05. The summed E-state index contributed by atoms with van der Waals surface area (Å²) >= 11 is 1.03. The topological polar surface area (TPSA) is 123 Å². The number of aromatic nitrogens is 3. The second-order valence-corrected chi connectivity index (χ2v) is 10.1. The van der Waals surface area contributed by atoms with E-state index in [1.807, 2.05) is 6.92 Å². The lowest BCUT2D eigenvalue weighted by atomic mass is 10.1. The number of ether oxygens (including phenoxy) is 1. The minimum Gasteiger partial charge on any atom is -0.477 e. The summed E-state index contributed by atoms with van der Waals surface area (Å²) in [5.41, 5.74) is -0.367. The highest BCUT2D eigenvalue weighted by Crippen LogP contribution is 2.31. The Morgan fingerprint density at radius 3 is 2.76 bits per heavy atom. The predicted molar refractivity (Wildman–Crippen MR) is 117 cm³/mol. The Morgan fingerprint density at radius 1 is 1.24 bits per heavy atom. The number of hydrogen-bond donors (Lipinski definition) is 2. The van der Waals surface area contributed by atoms with Gasteiger partial charge in [0.25, 0.3) is 5.91 Å². The lowest BCUT2D eigenvalue weighted by Crippen LogP contribution is -2.24. The number of nitrogens with one attached hydrogen (secondary N) is 2. The van der Waals surface area contributed by atoms with E-state index in [9.17, 15) is 22.0 Å². The molecule has 13 heteroatoms. The lowest BCUT2D eigenvalue weighted by molar-refractivity contribution is 0.0950. The third kappa shape index (κ3) is 5.25. The van der Waals surface area contributed by atoms with Crippen LogP contribution < -0.4 is 14.8 Å². The zero-order valence-electron chi connectivity index (χ0n) is 17.3. The molecule has 0 atom stereocenters. The molecular weight excluding hydrogens is 476 g/mol. The van der Waals surface area contributed by atoms with Crippen LogP contribution in [0.15, 0.2) is 30.7 Å². The molecule has 1 aliphatic carbocycles. The Balaban J connectivity index is 1.46. The summed E-state index contributed by atoms with van der Waals surface area (Å²) in [6.45, 7) is 1.74. The highest BCUT2D eigenvalue weighted by atomic mass is 32.2. The average Bonchev–Trinajstić information content (AvgIpc) is 3.54. The summed E-state index contributed by atoms with van der Waals surface area (Å²) in [6.07, 6.45) is 5.39. The molecule has 33 heavy (non-hydrogen) atoms. The molecule has 3 aromatic rings. The SMILES string of the molecule is CCOc1cncc(-c2cnc(C(=O)NCc3c(F)ccc(NS(=O)(=O)C4CC4)c3F)s2)n1. The number of hydrogen-bond acceptors (Lipinski definition) is 8. The number of halogens is 2. The van der Waals surface area contributed by atoms with Crippen LogP contribution in [0.5, 0.6) is 5.88 Å². The van der Waals surface area contributed by atoms with E-state index < -0.39 is 44.9 Å². The first-order valence-corrected chi connectivity index (χ1v) is 12.3. The van der Waals surface area contributed by atoms with Crippen molar-refractivity contribution in [3.63, 3.8) is 0 Å². The summed E-state index contributed by atoms with van der Waals surface area (Å²) in [6, 6.07) is 1.96. The van der Waals surface area contributed by atoms with Gasteiger partial charge in [-0.15, -0.1) is 11.3 Å². The Labute approximate surface area is 192 Å². The summed E-state index contributed by atoms with van der Waals surface area (Å²) in [7, 11) is -3.73. The van der Waals surface area contributed by atoms with E-state index in [0.717, 1.165) is 23.5 Å². The molecule has 0 unspecified atom stereocenters. The smallest absolute Gasteiger partial charge is 0.280 e. The highest BCUT2D eigenvalue weighted by molar-refractivity contribution is 7.93. The van der Waals surface area contributed by atoms with Crippen LogP contribution in [0.4, 0.5) is 14.5 Å². The van der Waals surface area contributed by atoms with Gasteiger partial charge in [0.1, 0.15) is 11.5 Å². The molecule has 0 aliphatic heterocycles. The van der Waals surface area contributed by atoms with E-state index in [2.05, 4.69) is 25.0 Å². The second kappa shape index (κ2) is 9.35. The normalized spacial score (nSPS) is 13.5. The maximum Gasteiger partial charge on any atom is 0.280 e. The first kappa shape index (κ1) is 23.0. The van der Waals surface area contributed by atoms with E-state index in [1.165, 1.54) is 18.6 Å². The number of thiazole rings is 1. The van der Waals surface area contributed by atoms with Gasteiger partial charge in [0, 0.05) is 18.3 Å². The standard InChI is InChI=1S/C20H19F2N5O4S2/c1-2-31-17-10-23-8-15(26-17)16-9-25-20(32-16)19(28)24-7-12-13(21)5-6-14(18(12)22)27-33(29,30)11-3-4-11/h5-6,8-11,27H,2-4,7H2,1H3,(H,24,28). The van der Waals surface area contributed by atoms with Gasteiger partial charge in [-0.25, -0.2) is 27.2 Å². The third-order valence-corrected chi connectivity index (χ3v) is 7.56. The molecule has 174 valence electrons. The van der Waals surface area contributed by atoms with Gasteiger partial charge < -0.3 is 10.1 Å². The molecule has 0 spiro atoms. The van der Waals surface area contributed by atoms with Crippen LogP contribution in [-0.2, 0) is 16.6 Å². The highest BCUT2D eigenvalue weighted by Gasteiger charge is 2.36. The van der Waals surface area contributed by atoms with Crippen molar-refractivity contribution in [2.75, 3.05) is 11.3 Å². The van der Waals surface area contributed by atoms with E-state index in [0.29, 0.717) is 35.9 Å². The summed E-state index contributed by atoms with van der Waals surface area (Å²) in [4.78, 5) is 25.4. The van der Waals surface area contributed by atoms with Crippen molar-refractivity contribution in [3.8, 4) is 16.5 Å². The Bertz CT molecular complexity index is 1300. The molecule has 0 radical (unpaired) electrons. The third-order valence-electron chi connectivity index (χ3n) is 4.68. The van der Waals surface area contributed by atoms with Crippen molar-refractivity contribution in [2.45, 2.75) is 31.6 Å². The molecular formula is C20H19F2N5O4S2. The number of sulfonamides is 1. The van der Waals surface area contributed by atoms with E-state index in [-0.39, 0.29) is 10.7 Å². The minimum atomic E-state index is -3.73. The molecule has 2 aromatic heterocycles. The van der Waals surface area contributed by atoms with Crippen LogP contribution in [-0.4, -0.2) is 41.1 Å². The number of carbonyl (C=O) groups is 1. The molecule has 0 saturated heterocycles. The number of carbonyl (C=O) groups excluding carboxylic acids is 1. The van der Waals surface area contributed by atoms with Crippen molar-refractivity contribution in [1.82, 2.24) is 20.3 Å². The van der Waals surface area contributed by atoms with Gasteiger partial charge in [0.15, 0.2) is 10.8 Å². The second-order valence-electron chi connectivity index (χ2n) is 7.12. The van der Waals surface area contributed by atoms with Crippen molar-refractivity contribution < 1.29 is 26.7 Å². The first-order chi connectivity index (χ1) is 15.8. The van der Waals surface area contributed by atoms with Gasteiger partial charge in [-0.05, 0) is 31.9 Å². The molecule has 1 fully saturated rings. The van der Waals surface area contributed by atoms with Gasteiger partial charge in [0.05, 0.1) is 34.8 Å². The first-order valence-electron chi connectivity index (χ1n) is 9.96. The summed E-state index contributed by atoms with van der Waals surface area (Å²) < 4.78 is 60.6. The Hall–Kier alpha value is -3.19. The number of rotatable bonds is 9. The van der Waals surface area contributed by atoms with Gasteiger partial charge in [-0.1, -0.05) is 0 Å². The van der Waals surface area contributed by atoms with Gasteiger partial charge in [0.2, 0.25) is 15.9 Å². The van der Waals surface area contributed by atoms with Crippen LogP contribution in [0.1, 0.15) is 35.1 Å². The number of benzene rings is 1. The number of amides is 1. The van der Waals surface area contributed by atoms with Crippen LogP contribution in [0.3, 0.4) is 0 Å².